The Hall–Kier alpha value is -3.04. The molecule has 2 heterocycles. The van der Waals surface area contributed by atoms with Crippen molar-refractivity contribution in [3.8, 4) is 0 Å². The number of hydrogen-bond donors (Lipinski definition) is 1. The van der Waals surface area contributed by atoms with Crippen LogP contribution in [0.25, 0.3) is 10.9 Å². The highest BCUT2D eigenvalue weighted by molar-refractivity contribution is 7.89. The fourth-order valence-electron chi connectivity index (χ4n) is 3.95. The maximum absolute atomic E-state index is 13.3. The number of para-hydroxylation sites is 1. The molecule has 1 aliphatic heterocycles. The highest BCUT2D eigenvalue weighted by atomic mass is 32.2. The average molecular weight is 441 g/mol. The fourth-order valence-corrected chi connectivity index (χ4v) is 5.62. The molecule has 1 unspecified atom stereocenters. The summed E-state index contributed by atoms with van der Waals surface area (Å²) in [6.07, 6.45) is 1.08. The third-order valence-corrected chi connectivity index (χ3v) is 7.46. The van der Waals surface area contributed by atoms with Crippen molar-refractivity contribution < 1.29 is 13.2 Å². The quantitative estimate of drug-likeness (QED) is 0.632. The van der Waals surface area contributed by atoms with Crippen molar-refractivity contribution in [1.82, 2.24) is 19.2 Å². The lowest BCUT2D eigenvalue weighted by Gasteiger charge is -2.29. The molecule has 2 aromatic carbocycles. The number of nitrogens with one attached hydrogen (secondary N) is 1. The third kappa shape index (κ3) is 4.11. The van der Waals surface area contributed by atoms with Gasteiger partial charge < -0.3 is 9.88 Å². The van der Waals surface area contributed by atoms with Gasteiger partial charge in [-0.3, -0.25) is 9.59 Å². The van der Waals surface area contributed by atoms with E-state index in [9.17, 15) is 18.0 Å². The Morgan fingerprint density at radius 1 is 1.16 bits per heavy atom. The van der Waals surface area contributed by atoms with Gasteiger partial charge in [-0.2, -0.15) is 4.31 Å². The zero-order valence-corrected chi connectivity index (χ0v) is 18.0. The number of likely N-dealkylation sites (N-methyl/N-ethyl adjacent to an activating group) is 1. The van der Waals surface area contributed by atoms with Gasteiger partial charge in [0, 0.05) is 13.1 Å². The van der Waals surface area contributed by atoms with E-state index in [1.165, 1.54) is 21.3 Å². The van der Waals surface area contributed by atoms with Crippen LogP contribution in [0.15, 0.2) is 64.3 Å². The van der Waals surface area contributed by atoms with Crippen LogP contribution in [0.2, 0.25) is 0 Å². The number of hydrogen-bond acceptors (Lipinski definition) is 5. The van der Waals surface area contributed by atoms with Crippen LogP contribution < -0.4 is 5.56 Å². The maximum atomic E-state index is 13.3. The second-order valence-corrected chi connectivity index (χ2v) is 9.36. The van der Waals surface area contributed by atoms with Crippen LogP contribution in [-0.2, 0) is 21.4 Å². The molecule has 0 saturated carbocycles. The minimum atomic E-state index is -3.77. The van der Waals surface area contributed by atoms with E-state index >= 15 is 0 Å². The van der Waals surface area contributed by atoms with Gasteiger partial charge in [0.25, 0.3) is 5.56 Å². The molecule has 9 heteroatoms. The number of H-pyrrole nitrogens is 1. The summed E-state index contributed by atoms with van der Waals surface area (Å²) in [6, 6.07) is 14.4. The second-order valence-electron chi connectivity index (χ2n) is 7.47. The van der Waals surface area contributed by atoms with Crippen molar-refractivity contribution >= 4 is 26.8 Å². The van der Waals surface area contributed by atoms with Gasteiger partial charge in [-0.15, -0.1) is 0 Å². The molecule has 8 nitrogen and oxygen atoms in total. The first-order valence-corrected chi connectivity index (χ1v) is 11.7. The van der Waals surface area contributed by atoms with E-state index in [0.717, 1.165) is 0 Å². The first-order chi connectivity index (χ1) is 14.9. The molecule has 3 aromatic rings. The molecule has 1 atom stereocenters. The summed E-state index contributed by atoms with van der Waals surface area (Å²) >= 11 is 0. The summed E-state index contributed by atoms with van der Waals surface area (Å²) in [5.41, 5.74) is 0.289. The van der Waals surface area contributed by atoms with E-state index in [-0.39, 0.29) is 22.9 Å². The summed E-state index contributed by atoms with van der Waals surface area (Å²) in [5.74, 6) is 0.0877. The van der Waals surface area contributed by atoms with Crippen LogP contribution >= 0.6 is 0 Å². The van der Waals surface area contributed by atoms with Gasteiger partial charge in [-0.1, -0.05) is 30.3 Å². The number of carbonyl (C=O) groups excluding carboxylic acids is 1. The Morgan fingerprint density at radius 3 is 2.61 bits per heavy atom. The smallest absolute Gasteiger partial charge is 0.258 e. The van der Waals surface area contributed by atoms with Crippen LogP contribution in [-0.4, -0.2) is 52.6 Å². The van der Waals surface area contributed by atoms with Crippen LogP contribution in [0.5, 0.6) is 0 Å². The molecule has 0 radical (unpaired) electrons. The molecule has 162 valence electrons. The van der Waals surface area contributed by atoms with Crippen molar-refractivity contribution in [3.63, 3.8) is 0 Å². The topological polar surface area (TPSA) is 103 Å². The molecule has 1 saturated heterocycles. The number of amides is 1. The van der Waals surface area contributed by atoms with Gasteiger partial charge in [0.2, 0.25) is 15.9 Å². The summed E-state index contributed by atoms with van der Waals surface area (Å²) in [5, 5.41) is 0.483. The van der Waals surface area contributed by atoms with Crippen LogP contribution in [0, 0.1) is 0 Å². The summed E-state index contributed by atoms with van der Waals surface area (Å²) in [6.45, 7) is 2.59. The van der Waals surface area contributed by atoms with Crippen LogP contribution in [0.1, 0.15) is 25.6 Å². The average Bonchev–Trinajstić information content (AvgIpc) is 3.28. The van der Waals surface area contributed by atoms with Crippen LogP contribution in [0.4, 0.5) is 0 Å². The molecular formula is C22H24N4O4S. The lowest BCUT2D eigenvalue weighted by Crippen LogP contribution is -2.47. The normalized spacial score (nSPS) is 17.1. The molecule has 1 aromatic heterocycles. The van der Waals surface area contributed by atoms with E-state index in [4.69, 9.17) is 0 Å². The lowest BCUT2D eigenvalue weighted by molar-refractivity contribution is -0.135. The molecule has 1 amide bonds. The first-order valence-electron chi connectivity index (χ1n) is 10.3. The monoisotopic (exact) mass is 440 g/mol. The van der Waals surface area contributed by atoms with Crippen LogP contribution in [0.3, 0.4) is 0 Å². The van der Waals surface area contributed by atoms with Crippen molar-refractivity contribution in [2.24, 2.45) is 0 Å². The predicted octanol–water partition coefficient (Wildman–Crippen LogP) is 2.12. The molecule has 1 N–H and O–H groups in total. The molecule has 0 spiro atoms. The Bertz CT molecular complexity index is 1260. The molecular weight excluding hydrogens is 416 g/mol. The maximum Gasteiger partial charge on any atom is 0.258 e. The number of nitrogens with zero attached hydrogens (tertiary/aromatic N) is 3. The largest absolute Gasteiger partial charge is 0.334 e. The van der Waals surface area contributed by atoms with E-state index < -0.39 is 16.1 Å². The standard InChI is InChI=1S/C22H24N4O4S/c1-2-25(15-20-23-18-12-7-6-11-17(18)21(27)24-20)22(28)19-13-8-14-26(19)31(29,30)16-9-4-3-5-10-16/h3-7,9-12,19H,2,8,13-15H2,1H3,(H,23,24,27). The van der Waals surface area contributed by atoms with Gasteiger partial charge in [-0.25, -0.2) is 13.4 Å². The molecule has 0 bridgehead atoms. The minimum Gasteiger partial charge on any atom is -0.334 e. The Balaban J connectivity index is 1.59. The zero-order valence-electron chi connectivity index (χ0n) is 17.2. The highest BCUT2D eigenvalue weighted by Gasteiger charge is 2.41. The fraction of sp³-hybridized carbons (Fsp3) is 0.318. The summed E-state index contributed by atoms with van der Waals surface area (Å²) in [4.78, 5) is 34.6. The summed E-state index contributed by atoms with van der Waals surface area (Å²) in [7, 11) is -3.77. The first kappa shape index (κ1) is 21.2. The van der Waals surface area contributed by atoms with Gasteiger partial charge >= 0.3 is 0 Å². The number of carbonyl (C=O) groups is 1. The zero-order chi connectivity index (χ0) is 22.0. The number of aromatic nitrogens is 2. The molecule has 31 heavy (non-hydrogen) atoms. The molecule has 0 aliphatic carbocycles. The lowest BCUT2D eigenvalue weighted by atomic mass is 10.2. The van der Waals surface area contributed by atoms with E-state index in [2.05, 4.69) is 9.97 Å². The number of sulfonamides is 1. The number of aromatic amines is 1. The Kier molecular flexibility index (Phi) is 5.88. The van der Waals surface area contributed by atoms with E-state index in [0.29, 0.717) is 42.7 Å². The number of benzene rings is 2. The van der Waals surface area contributed by atoms with Crippen molar-refractivity contribution in [2.45, 2.75) is 37.2 Å². The SMILES string of the molecule is CCN(Cc1nc2ccccc2c(=O)[nH]1)C(=O)C1CCCN1S(=O)(=O)c1ccccc1. The molecule has 4 rings (SSSR count). The highest BCUT2D eigenvalue weighted by Crippen LogP contribution is 2.27. The van der Waals surface area contributed by atoms with Crippen molar-refractivity contribution in [2.75, 3.05) is 13.1 Å². The van der Waals surface area contributed by atoms with Crippen molar-refractivity contribution in [3.05, 3.63) is 70.8 Å². The second kappa shape index (κ2) is 8.60. The Morgan fingerprint density at radius 2 is 1.87 bits per heavy atom. The van der Waals surface area contributed by atoms with Gasteiger partial charge in [-0.05, 0) is 44.0 Å². The molecule has 1 aliphatic rings. The molecule has 1 fully saturated rings. The summed E-state index contributed by atoms with van der Waals surface area (Å²) < 4.78 is 27.5. The van der Waals surface area contributed by atoms with Crippen molar-refractivity contribution in [1.29, 1.82) is 0 Å². The van der Waals surface area contributed by atoms with E-state index in [1.54, 1.807) is 42.5 Å². The van der Waals surface area contributed by atoms with Gasteiger partial charge in [0.15, 0.2) is 0 Å². The minimum absolute atomic E-state index is 0.102. The van der Waals surface area contributed by atoms with E-state index in [1.807, 2.05) is 6.92 Å². The van der Waals surface area contributed by atoms with Gasteiger partial charge in [0.05, 0.1) is 22.3 Å². The number of fused-ring (bicyclic) bond motifs is 1. The predicted molar refractivity (Wildman–Crippen MR) is 117 cm³/mol. The number of rotatable bonds is 6. The Labute approximate surface area is 180 Å². The van der Waals surface area contributed by atoms with Gasteiger partial charge in [0.1, 0.15) is 11.9 Å². The third-order valence-electron chi connectivity index (χ3n) is 5.53.